The van der Waals surface area contributed by atoms with Gasteiger partial charge in [-0.05, 0) is 18.2 Å². The van der Waals surface area contributed by atoms with Crippen LogP contribution in [0.2, 0.25) is 0 Å². The molecule has 0 fully saturated rings. The van der Waals surface area contributed by atoms with Gasteiger partial charge in [0.05, 0.1) is 10.5 Å². The second-order valence-corrected chi connectivity index (χ2v) is 5.85. The van der Waals surface area contributed by atoms with Crippen molar-refractivity contribution < 1.29 is 18.3 Å². The van der Waals surface area contributed by atoms with Gasteiger partial charge in [-0.15, -0.1) is 11.3 Å². The first kappa shape index (κ1) is 12.5. The van der Waals surface area contributed by atoms with Crippen LogP contribution >= 0.6 is 11.3 Å². The number of aromatic nitrogens is 1. The van der Waals surface area contributed by atoms with Gasteiger partial charge >= 0.3 is 5.97 Å². The highest BCUT2D eigenvalue weighted by Gasteiger charge is 2.17. The number of aromatic carboxylic acids is 1. The number of carbonyl (C=O) groups is 1. The average molecular weight is 284 g/mol. The number of hydrogen-bond donors (Lipinski definition) is 2. The summed E-state index contributed by atoms with van der Waals surface area (Å²) in [5, 5.41) is 10.7. The molecular weight excluding hydrogens is 276 g/mol. The van der Waals surface area contributed by atoms with Crippen molar-refractivity contribution in [3.63, 3.8) is 0 Å². The number of hydrogen-bond acceptors (Lipinski definition) is 5. The van der Waals surface area contributed by atoms with E-state index in [9.17, 15) is 13.2 Å². The Morgan fingerprint density at radius 2 is 2.17 bits per heavy atom. The molecule has 18 heavy (non-hydrogen) atoms. The van der Waals surface area contributed by atoms with Gasteiger partial charge in [0.1, 0.15) is 0 Å². The quantitative estimate of drug-likeness (QED) is 0.889. The molecule has 2 rings (SSSR count). The van der Waals surface area contributed by atoms with Gasteiger partial charge in [0.15, 0.2) is 5.13 Å². The minimum absolute atomic E-state index is 0.0861. The zero-order valence-electron chi connectivity index (χ0n) is 8.90. The van der Waals surface area contributed by atoms with Gasteiger partial charge in [-0.3, -0.25) is 4.72 Å². The Hall–Kier alpha value is -1.93. The van der Waals surface area contributed by atoms with Crippen molar-refractivity contribution >= 4 is 32.5 Å². The average Bonchev–Trinajstić information content (AvgIpc) is 2.81. The van der Waals surface area contributed by atoms with E-state index in [1.165, 1.54) is 24.4 Å². The predicted molar refractivity (Wildman–Crippen MR) is 66.3 cm³/mol. The topological polar surface area (TPSA) is 96.4 Å². The highest BCUT2D eigenvalue weighted by Crippen LogP contribution is 2.18. The van der Waals surface area contributed by atoms with E-state index in [0.29, 0.717) is 0 Å². The van der Waals surface area contributed by atoms with Gasteiger partial charge in [-0.2, -0.15) is 0 Å². The summed E-state index contributed by atoms with van der Waals surface area (Å²) in [4.78, 5) is 14.5. The van der Waals surface area contributed by atoms with Crippen molar-refractivity contribution in [1.82, 2.24) is 4.98 Å². The van der Waals surface area contributed by atoms with Crippen LogP contribution in [0, 0.1) is 0 Å². The molecule has 0 aliphatic rings. The highest BCUT2D eigenvalue weighted by molar-refractivity contribution is 7.93. The molecule has 8 heteroatoms. The number of rotatable bonds is 4. The zero-order valence-corrected chi connectivity index (χ0v) is 10.5. The lowest BCUT2D eigenvalue weighted by atomic mass is 10.2. The minimum Gasteiger partial charge on any atom is -0.478 e. The van der Waals surface area contributed by atoms with Gasteiger partial charge in [-0.1, -0.05) is 6.07 Å². The first-order chi connectivity index (χ1) is 8.49. The van der Waals surface area contributed by atoms with E-state index in [0.717, 1.165) is 17.4 Å². The minimum atomic E-state index is -3.80. The van der Waals surface area contributed by atoms with Crippen molar-refractivity contribution in [2.45, 2.75) is 4.90 Å². The first-order valence-electron chi connectivity index (χ1n) is 4.75. The third-order valence-corrected chi connectivity index (χ3v) is 4.20. The van der Waals surface area contributed by atoms with Crippen LogP contribution in [0.25, 0.3) is 0 Å². The van der Waals surface area contributed by atoms with Crippen LogP contribution in [0.4, 0.5) is 5.13 Å². The number of benzene rings is 1. The molecular formula is C10H8N2O4S2. The largest absolute Gasteiger partial charge is 0.478 e. The third kappa shape index (κ3) is 2.66. The summed E-state index contributed by atoms with van der Waals surface area (Å²) in [6, 6.07) is 5.12. The van der Waals surface area contributed by atoms with Gasteiger partial charge in [-0.25, -0.2) is 18.2 Å². The van der Waals surface area contributed by atoms with Crippen molar-refractivity contribution in [2.24, 2.45) is 0 Å². The van der Waals surface area contributed by atoms with E-state index in [1.807, 2.05) is 0 Å². The summed E-state index contributed by atoms with van der Waals surface area (Å²) in [5.41, 5.74) is -0.0861. The first-order valence-corrected chi connectivity index (χ1v) is 7.11. The summed E-state index contributed by atoms with van der Waals surface area (Å²) in [7, 11) is -3.80. The lowest BCUT2D eigenvalue weighted by molar-refractivity contribution is 0.0696. The molecule has 0 spiro atoms. The summed E-state index contributed by atoms with van der Waals surface area (Å²) in [6.45, 7) is 0. The number of nitrogens with one attached hydrogen (secondary N) is 1. The molecule has 1 aromatic heterocycles. The molecule has 0 atom stereocenters. The molecule has 94 valence electrons. The van der Waals surface area contributed by atoms with Gasteiger partial charge in [0, 0.05) is 11.6 Å². The number of thiazole rings is 1. The molecule has 0 aliphatic carbocycles. The molecule has 0 bridgehead atoms. The molecule has 2 aromatic rings. The Balaban J connectivity index is 2.35. The molecule has 0 saturated carbocycles. The Bertz CT molecular complexity index is 665. The highest BCUT2D eigenvalue weighted by atomic mass is 32.2. The maximum atomic E-state index is 11.9. The van der Waals surface area contributed by atoms with E-state index >= 15 is 0 Å². The lowest BCUT2D eigenvalue weighted by Gasteiger charge is -2.05. The van der Waals surface area contributed by atoms with E-state index in [2.05, 4.69) is 9.71 Å². The van der Waals surface area contributed by atoms with Gasteiger partial charge < -0.3 is 5.11 Å². The van der Waals surface area contributed by atoms with E-state index in [1.54, 1.807) is 5.38 Å². The van der Waals surface area contributed by atoms with Crippen molar-refractivity contribution in [1.29, 1.82) is 0 Å². The third-order valence-electron chi connectivity index (χ3n) is 2.05. The number of carboxylic acids is 1. The van der Waals surface area contributed by atoms with E-state index < -0.39 is 16.0 Å². The number of sulfonamides is 1. The van der Waals surface area contributed by atoms with Crippen molar-refractivity contribution in [2.75, 3.05) is 4.72 Å². The smallest absolute Gasteiger partial charge is 0.335 e. The fraction of sp³-hybridized carbons (Fsp3) is 0. The monoisotopic (exact) mass is 284 g/mol. The predicted octanol–water partition coefficient (Wildman–Crippen LogP) is 1.64. The maximum Gasteiger partial charge on any atom is 0.335 e. The van der Waals surface area contributed by atoms with Crippen LogP contribution in [0.5, 0.6) is 0 Å². The van der Waals surface area contributed by atoms with Gasteiger partial charge in [0.25, 0.3) is 10.0 Å². The van der Waals surface area contributed by atoms with Crippen LogP contribution in [0.15, 0.2) is 40.7 Å². The lowest BCUT2D eigenvalue weighted by Crippen LogP contribution is -2.13. The summed E-state index contributed by atoms with van der Waals surface area (Å²) in [6.07, 6.45) is 1.47. The molecule has 1 aromatic carbocycles. The SMILES string of the molecule is O=C(O)c1cccc(S(=O)(=O)Nc2nccs2)c1. The summed E-state index contributed by atoms with van der Waals surface area (Å²) in [5.74, 6) is -1.18. The maximum absolute atomic E-state index is 11.9. The van der Waals surface area contributed by atoms with E-state index in [-0.39, 0.29) is 15.6 Å². The van der Waals surface area contributed by atoms with Crippen LogP contribution in [0.1, 0.15) is 10.4 Å². The Morgan fingerprint density at radius 1 is 1.39 bits per heavy atom. The fourth-order valence-electron chi connectivity index (χ4n) is 1.24. The second-order valence-electron chi connectivity index (χ2n) is 3.28. The fourth-order valence-corrected chi connectivity index (χ4v) is 3.08. The molecule has 6 nitrogen and oxygen atoms in total. The van der Waals surface area contributed by atoms with Crippen LogP contribution < -0.4 is 4.72 Å². The Morgan fingerprint density at radius 3 is 2.78 bits per heavy atom. The molecule has 0 radical (unpaired) electrons. The molecule has 0 amide bonds. The number of carboxylic acid groups (broad SMARTS) is 1. The molecule has 2 N–H and O–H groups in total. The molecule has 0 unspecified atom stereocenters. The molecule has 0 saturated heterocycles. The standard InChI is InChI=1S/C10H8N2O4S2/c13-9(14)7-2-1-3-8(6-7)18(15,16)12-10-11-4-5-17-10/h1-6H,(H,11,12)(H,13,14). The normalized spacial score (nSPS) is 11.1. The summed E-state index contributed by atoms with van der Waals surface area (Å²) >= 11 is 1.14. The number of anilines is 1. The second kappa shape index (κ2) is 4.75. The zero-order chi connectivity index (χ0) is 13.2. The summed E-state index contributed by atoms with van der Waals surface area (Å²) < 4.78 is 26.1. The van der Waals surface area contributed by atoms with Crippen LogP contribution in [0.3, 0.4) is 0 Å². The molecule has 0 aliphatic heterocycles. The Kier molecular flexibility index (Phi) is 3.30. The Labute approximate surface area is 107 Å². The van der Waals surface area contributed by atoms with Crippen molar-refractivity contribution in [3.05, 3.63) is 41.4 Å². The van der Waals surface area contributed by atoms with Crippen LogP contribution in [-0.4, -0.2) is 24.5 Å². The van der Waals surface area contributed by atoms with E-state index in [4.69, 9.17) is 5.11 Å². The van der Waals surface area contributed by atoms with Crippen LogP contribution in [-0.2, 0) is 10.0 Å². The molecule has 1 heterocycles. The van der Waals surface area contributed by atoms with Gasteiger partial charge in [0.2, 0.25) is 0 Å². The number of nitrogens with zero attached hydrogens (tertiary/aromatic N) is 1. The van der Waals surface area contributed by atoms with Crippen molar-refractivity contribution in [3.8, 4) is 0 Å².